The minimum atomic E-state index is 0.330. The zero-order valence-corrected chi connectivity index (χ0v) is 11.3. The van der Waals surface area contributed by atoms with Gasteiger partial charge in [0.25, 0.3) is 0 Å². The molecule has 1 aromatic rings. The van der Waals surface area contributed by atoms with Gasteiger partial charge in [-0.05, 0) is 31.7 Å². The molecule has 1 atom stereocenters. The number of rotatable bonds is 2. The van der Waals surface area contributed by atoms with Crippen LogP contribution < -0.4 is 10.1 Å². The van der Waals surface area contributed by atoms with E-state index in [-0.39, 0.29) is 0 Å². The Morgan fingerprint density at radius 3 is 2.88 bits per heavy atom. The van der Waals surface area contributed by atoms with E-state index >= 15 is 0 Å². The summed E-state index contributed by atoms with van der Waals surface area (Å²) in [4.78, 5) is 2.33. The average molecular weight is 255 g/mol. The molecule has 1 saturated heterocycles. The molecule has 1 aliphatic rings. The SMILES string of the molecule is COc1cc(C)c(Cl)cc1C1CNCCN1C. The molecule has 1 aliphatic heterocycles. The highest BCUT2D eigenvalue weighted by Gasteiger charge is 2.24. The first kappa shape index (κ1) is 12.7. The zero-order chi connectivity index (χ0) is 12.4. The molecule has 2 rings (SSSR count). The van der Waals surface area contributed by atoms with E-state index in [1.54, 1.807) is 7.11 Å². The van der Waals surface area contributed by atoms with Crippen molar-refractivity contribution < 1.29 is 4.74 Å². The Kier molecular flexibility index (Phi) is 3.92. The number of aryl methyl sites for hydroxylation is 1. The number of halogens is 1. The Morgan fingerprint density at radius 1 is 1.47 bits per heavy atom. The summed E-state index contributed by atoms with van der Waals surface area (Å²) in [7, 11) is 3.85. The Hall–Kier alpha value is -0.770. The van der Waals surface area contributed by atoms with Gasteiger partial charge in [-0.3, -0.25) is 4.90 Å². The molecule has 1 aromatic carbocycles. The molecule has 4 heteroatoms. The Bertz CT molecular complexity index is 409. The normalized spacial score (nSPS) is 21.5. The van der Waals surface area contributed by atoms with Crippen molar-refractivity contribution in [3.8, 4) is 5.75 Å². The number of hydrogen-bond acceptors (Lipinski definition) is 3. The van der Waals surface area contributed by atoms with Gasteiger partial charge in [0.05, 0.1) is 13.2 Å². The minimum absolute atomic E-state index is 0.330. The second kappa shape index (κ2) is 5.25. The fourth-order valence-corrected chi connectivity index (χ4v) is 2.43. The maximum absolute atomic E-state index is 6.22. The van der Waals surface area contributed by atoms with Crippen molar-refractivity contribution in [1.29, 1.82) is 0 Å². The number of methoxy groups -OCH3 is 1. The molecule has 3 nitrogen and oxygen atoms in total. The number of hydrogen-bond donors (Lipinski definition) is 1. The molecular weight excluding hydrogens is 236 g/mol. The monoisotopic (exact) mass is 254 g/mol. The highest BCUT2D eigenvalue weighted by molar-refractivity contribution is 6.31. The number of nitrogens with zero attached hydrogens (tertiary/aromatic N) is 1. The molecule has 0 aromatic heterocycles. The average Bonchev–Trinajstić information content (AvgIpc) is 2.33. The van der Waals surface area contributed by atoms with E-state index in [1.807, 2.05) is 19.1 Å². The third-order valence-electron chi connectivity index (χ3n) is 3.38. The van der Waals surface area contributed by atoms with Gasteiger partial charge in [0, 0.05) is 30.2 Å². The van der Waals surface area contributed by atoms with Crippen LogP contribution >= 0.6 is 11.6 Å². The summed E-state index contributed by atoms with van der Waals surface area (Å²) in [5, 5.41) is 4.21. The Balaban J connectivity index is 2.38. The third-order valence-corrected chi connectivity index (χ3v) is 3.79. The van der Waals surface area contributed by atoms with Crippen molar-refractivity contribution in [3.63, 3.8) is 0 Å². The fourth-order valence-electron chi connectivity index (χ4n) is 2.26. The molecule has 1 heterocycles. The smallest absolute Gasteiger partial charge is 0.124 e. The van der Waals surface area contributed by atoms with Gasteiger partial charge in [-0.15, -0.1) is 0 Å². The van der Waals surface area contributed by atoms with E-state index < -0.39 is 0 Å². The van der Waals surface area contributed by atoms with Crippen molar-refractivity contribution in [3.05, 3.63) is 28.3 Å². The topological polar surface area (TPSA) is 24.5 Å². The lowest BCUT2D eigenvalue weighted by Crippen LogP contribution is -2.43. The summed E-state index contributed by atoms with van der Waals surface area (Å²) in [5.41, 5.74) is 2.22. The van der Waals surface area contributed by atoms with E-state index in [1.165, 1.54) is 0 Å². The first-order valence-electron chi connectivity index (χ1n) is 5.88. The fraction of sp³-hybridized carbons (Fsp3) is 0.538. The van der Waals surface area contributed by atoms with Gasteiger partial charge in [0.1, 0.15) is 5.75 Å². The number of benzene rings is 1. The maximum atomic E-state index is 6.22. The molecule has 0 saturated carbocycles. The molecule has 1 unspecified atom stereocenters. The highest BCUT2D eigenvalue weighted by atomic mass is 35.5. The summed E-state index contributed by atoms with van der Waals surface area (Å²) in [6, 6.07) is 4.38. The van der Waals surface area contributed by atoms with Crippen molar-refractivity contribution >= 4 is 11.6 Å². The lowest BCUT2D eigenvalue weighted by Gasteiger charge is -2.34. The quantitative estimate of drug-likeness (QED) is 0.876. The molecule has 0 amide bonds. The maximum Gasteiger partial charge on any atom is 0.124 e. The molecule has 0 spiro atoms. The van der Waals surface area contributed by atoms with Gasteiger partial charge < -0.3 is 10.1 Å². The number of piperazine rings is 1. The van der Waals surface area contributed by atoms with E-state index in [9.17, 15) is 0 Å². The molecular formula is C13H19ClN2O. The summed E-state index contributed by atoms with van der Waals surface area (Å²) in [6.07, 6.45) is 0. The van der Waals surface area contributed by atoms with Gasteiger partial charge in [0.2, 0.25) is 0 Å². The molecule has 0 bridgehead atoms. The standard InChI is InChI=1S/C13H19ClN2O/c1-9-6-13(17-3)10(7-11(9)14)12-8-15-4-5-16(12)2/h6-7,12,15H,4-5,8H2,1-3H3. The van der Waals surface area contributed by atoms with Crippen molar-refractivity contribution in [2.45, 2.75) is 13.0 Å². The van der Waals surface area contributed by atoms with Gasteiger partial charge >= 0.3 is 0 Å². The first-order chi connectivity index (χ1) is 8.13. The molecule has 17 heavy (non-hydrogen) atoms. The summed E-state index contributed by atoms with van der Waals surface area (Å²) in [5.74, 6) is 0.924. The number of nitrogens with one attached hydrogen (secondary N) is 1. The van der Waals surface area contributed by atoms with Crippen LogP contribution in [0.2, 0.25) is 5.02 Å². The Labute approximate surface area is 108 Å². The van der Waals surface area contributed by atoms with Crippen molar-refractivity contribution in [2.75, 3.05) is 33.8 Å². The van der Waals surface area contributed by atoms with Crippen LogP contribution in [0.15, 0.2) is 12.1 Å². The zero-order valence-electron chi connectivity index (χ0n) is 10.6. The lowest BCUT2D eigenvalue weighted by molar-refractivity contribution is 0.198. The predicted molar refractivity (Wildman–Crippen MR) is 71.0 cm³/mol. The van der Waals surface area contributed by atoms with Crippen LogP contribution in [0.4, 0.5) is 0 Å². The van der Waals surface area contributed by atoms with Crippen LogP contribution in [0.25, 0.3) is 0 Å². The number of ether oxygens (including phenoxy) is 1. The lowest BCUT2D eigenvalue weighted by atomic mass is 10.0. The molecule has 0 radical (unpaired) electrons. The Morgan fingerprint density at radius 2 is 2.24 bits per heavy atom. The van der Waals surface area contributed by atoms with E-state index in [0.29, 0.717) is 6.04 Å². The van der Waals surface area contributed by atoms with Crippen LogP contribution in [-0.4, -0.2) is 38.7 Å². The summed E-state index contributed by atoms with van der Waals surface area (Å²) < 4.78 is 5.47. The molecule has 94 valence electrons. The van der Waals surface area contributed by atoms with E-state index in [2.05, 4.69) is 17.3 Å². The van der Waals surface area contributed by atoms with Gasteiger partial charge in [-0.1, -0.05) is 11.6 Å². The molecule has 0 aliphatic carbocycles. The molecule has 1 fully saturated rings. The van der Waals surface area contributed by atoms with Gasteiger partial charge in [-0.25, -0.2) is 0 Å². The first-order valence-corrected chi connectivity index (χ1v) is 6.26. The minimum Gasteiger partial charge on any atom is -0.496 e. The summed E-state index contributed by atoms with van der Waals surface area (Å²) >= 11 is 6.22. The van der Waals surface area contributed by atoms with Crippen LogP contribution in [0.1, 0.15) is 17.2 Å². The van der Waals surface area contributed by atoms with Crippen LogP contribution in [-0.2, 0) is 0 Å². The number of likely N-dealkylation sites (N-methyl/N-ethyl adjacent to an activating group) is 1. The van der Waals surface area contributed by atoms with Crippen LogP contribution in [0.3, 0.4) is 0 Å². The van der Waals surface area contributed by atoms with E-state index in [4.69, 9.17) is 16.3 Å². The second-order valence-corrected chi connectivity index (χ2v) is 4.95. The van der Waals surface area contributed by atoms with Gasteiger partial charge in [0.15, 0.2) is 0 Å². The second-order valence-electron chi connectivity index (χ2n) is 4.54. The summed E-state index contributed by atoms with van der Waals surface area (Å²) in [6.45, 7) is 5.01. The van der Waals surface area contributed by atoms with Crippen molar-refractivity contribution in [2.24, 2.45) is 0 Å². The predicted octanol–water partition coefficient (Wildman–Crippen LogP) is 2.23. The highest BCUT2D eigenvalue weighted by Crippen LogP contribution is 2.33. The van der Waals surface area contributed by atoms with Gasteiger partial charge in [-0.2, -0.15) is 0 Å². The molecule has 1 N–H and O–H groups in total. The van der Waals surface area contributed by atoms with Crippen molar-refractivity contribution in [1.82, 2.24) is 10.2 Å². The largest absolute Gasteiger partial charge is 0.496 e. The third kappa shape index (κ3) is 2.57. The van der Waals surface area contributed by atoms with E-state index in [0.717, 1.165) is 41.5 Å². The van der Waals surface area contributed by atoms with Crippen LogP contribution in [0.5, 0.6) is 5.75 Å². The van der Waals surface area contributed by atoms with Crippen LogP contribution in [0, 0.1) is 6.92 Å².